The maximum absolute atomic E-state index is 12.9. The van der Waals surface area contributed by atoms with Gasteiger partial charge >= 0.3 is 5.97 Å². The highest BCUT2D eigenvalue weighted by molar-refractivity contribution is 5.94. The topological polar surface area (TPSA) is 151 Å². The third-order valence-electron chi connectivity index (χ3n) is 4.88. The van der Waals surface area contributed by atoms with Gasteiger partial charge in [-0.1, -0.05) is 48.0 Å². The largest absolute Gasteiger partial charge is 0.480 e. The number of carboxylic acid groups (broad SMARTS) is 1. The van der Waals surface area contributed by atoms with Gasteiger partial charge in [-0.3, -0.25) is 19.2 Å². The van der Waals surface area contributed by atoms with Crippen LogP contribution in [0, 0.1) is 17.8 Å². The Labute approximate surface area is 173 Å². The van der Waals surface area contributed by atoms with Gasteiger partial charge in [-0.15, -0.1) is 0 Å². The predicted octanol–water partition coefficient (Wildman–Crippen LogP) is 0.621. The molecule has 0 aromatic heterocycles. The Morgan fingerprint density at radius 3 is 1.83 bits per heavy atom. The van der Waals surface area contributed by atoms with Crippen molar-refractivity contribution < 1.29 is 24.3 Å². The first-order valence-corrected chi connectivity index (χ1v) is 10.2. The third-order valence-corrected chi connectivity index (χ3v) is 4.88. The maximum atomic E-state index is 12.9. The molecular formula is C20H38N4O5. The summed E-state index contributed by atoms with van der Waals surface area (Å²) in [7, 11) is 0. The summed E-state index contributed by atoms with van der Waals surface area (Å²) >= 11 is 0. The van der Waals surface area contributed by atoms with Crippen molar-refractivity contribution in [3.63, 3.8) is 0 Å². The molecule has 0 fully saturated rings. The van der Waals surface area contributed by atoms with E-state index in [1.54, 1.807) is 6.92 Å². The maximum Gasteiger partial charge on any atom is 0.325 e. The summed E-state index contributed by atoms with van der Waals surface area (Å²) in [6.45, 7) is 12.5. The van der Waals surface area contributed by atoms with Gasteiger partial charge in [0.05, 0.1) is 6.04 Å². The Morgan fingerprint density at radius 1 is 0.862 bits per heavy atom. The van der Waals surface area contributed by atoms with Gasteiger partial charge in [0.25, 0.3) is 0 Å². The average Bonchev–Trinajstić information content (AvgIpc) is 2.62. The number of carbonyl (C=O) groups is 4. The lowest BCUT2D eigenvalue weighted by Crippen LogP contribution is -2.59. The van der Waals surface area contributed by atoms with Gasteiger partial charge in [0.1, 0.15) is 18.1 Å². The Morgan fingerprint density at radius 2 is 1.41 bits per heavy atom. The Hall–Kier alpha value is -2.16. The van der Waals surface area contributed by atoms with Crippen molar-refractivity contribution in [2.24, 2.45) is 23.5 Å². The van der Waals surface area contributed by atoms with Crippen molar-refractivity contribution in [2.75, 3.05) is 0 Å². The van der Waals surface area contributed by atoms with Crippen LogP contribution in [-0.4, -0.2) is 53.0 Å². The van der Waals surface area contributed by atoms with Crippen LogP contribution in [0.3, 0.4) is 0 Å². The van der Waals surface area contributed by atoms with Gasteiger partial charge in [-0.25, -0.2) is 0 Å². The molecule has 5 atom stereocenters. The first kappa shape index (κ1) is 26.8. The number of rotatable bonds is 12. The van der Waals surface area contributed by atoms with Gasteiger partial charge in [0.2, 0.25) is 17.7 Å². The van der Waals surface area contributed by atoms with Crippen molar-refractivity contribution in [1.82, 2.24) is 16.0 Å². The van der Waals surface area contributed by atoms with Crippen molar-refractivity contribution in [3.05, 3.63) is 0 Å². The first-order chi connectivity index (χ1) is 13.3. The molecule has 0 rings (SSSR count). The number of hydrogen-bond donors (Lipinski definition) is 5. The lowest BCUT2D eigenvalue weighted by Gasteiger charge is -2.28. The van der Waals surface area contributed by atoms with Crippen LogP contribution in [0.2, 0.25) is 0 Å². The van der Waals surface area contributed by atoms with E-state index in [-0.39, 0.29) is 17.8 Å². The van der Waals surface area contributed by atoms with Crippen LogP contribution in [0.5, 0.6) is 0 Å². The summed E-state index contributed by atoms with van der Waals surface area (Å²) < 4.78 is 0. The van der Waals surface area contributed by atoms with Gasteiger partial charge in [0.15, 0.2) is 0 Å². The van der Waals surface area contributed by atoms with Crippen LogP contribution in [0.4, 0.5) is 0 Å². The quantitative estimate of drug-likeness (QED) is 0.316. The molecule has 3 amide bonds. The van der Waals surface area contributed by atoms with Gasteiger partial charge in [0, 0.05) is 0 Å². The highest BCUT2D eigenvalue weighted by atomic mass is 16.4. The summed E-state index contributed by atoms with van der Waals surface area (Å²) in [4.78, 5) is 48.8. The number of hydrogen-bond acceptors (Lipinski definition) is 5. The molecule has 0 heterocycles. The Balaban J connectivity index is 5.42. The van der Waals surface area contributed by atoms with Crippen molar-refractivity contribution in [1.29, 1.82) is 0 Å². The molecule has 5 unspecified atom stereocenters. The van der Waals surface area contributed by atoms with Crippen molar-refractivity contribution in [3.8, 4) is 0 Å². The first-order valence-electron chi connectivity index (χ1n) is 10.2. The van der Waals surface area contributed by atoms with E-state index < -0.39 is 47.9 Å². The minimum Gasteiger partial charge on any atom is -0.480 e. The molecule has 0 aliphatic rings. The fourth-order valence-electron chi connectivity index (χ4n) is 2.59. The number of carbonyl (C=O) groups excluding carboxylic acids is 3. The van der Waals surface area contributed by atoms with Gasteiger partial charge in [-0.05, 0) is 31.1 Å². The molecule has 0 radical (unpaired) electrons. The Kier molecular flexibility index (Phi) is 11.5. The summed E-state index contributed by atoms with van der Waals surface area (Å²) in [6, 6.07) is -3.59. The van der Waals surface area contributed by atoms with E-state index in [2.05, 4.69) is 16.0 Å². The molecule has 0 aromatic rings. The van der Waals surface area contributed by atoms with Crippen LogP contribution in [0.15, 0.2) is 0 Å². The van der Waals surface area contributed by atoms with Crippen LogP contribution >= 0.6 is 0 Å². The standard InChI is InChI=1S/C20H38N4O5/c1-8-12(6)16(19(27)22-13(7)20(28)29)24-17(25)14(9-10(2)3)23-18(26)15(21)11(4)5/h10-16H,8-9,21H2,1-7H3,(H,22,27)(H,23,26)(H,24,25)(H,28,29). The smallest absolute Gasteiger partial charge is 0.325 e. The molecular weight excluding hydrogens is 376 g/mol. The van der Waals surface area contributed by atoms with Crippen LogP contribution in [-0.2, 0) is 19.2 Å². The molecule has 0 bridgehead atoms. The summed E-state index contributed by atoms with van der Waals surface area (Å²) in [6.07, 6.45) is 0.974. The zero-order chi connectivity index (χ0) is 22.9. The second-order valence-corrected chi connectivity index (χ2v) is 8.40. The van der Waals surface area contributed by atoms with Crippen molar-refractivity contribution >= 4 is 23.7 Å². The van der Waals surface area contributed by atoms with E-state index in [4.69, 9.17) is 10.8 Å². The normalized spacial score (nSPS) is 16.5. The number of aliphatic carboxylic acids is 1. The fourth-order valence-corrected chi connectivity index (χ4v) is 2.59. The third kappa shape index (κ3) is 9.25. The molecule has 0 spiro atoms. The van der Waals surface area contributed by atoms with Crippen LogP contribution < -0.4 is 21.7 Å². The average molecular weight is 415 g/mol. The van der Waals surface area contributed by atoms with Gasteiger partial charge < -0.3 is 26.8 Å². The van der Waals surface area contributed by atoms with E-state index in [1.165, 1.54) is 6.92 Å². The molecule has 29 heavy (non-hydrogen) atoms. The minimum atomic E-state index is -1.17. The van der Waals surface area contributed by atoms with E-state index in [1.807, 2.05) is 34.6 Å². The highest BCUT2D eigenvalue weighted by Crippen LogP contribution is 2.11. The zero-order valence-electron chi connectivity index (χ0n) is 18.6. The molecule has 6 N–H and O–H groups in total. The molecule has 0 saturated carbocycles. The highest BCUT2D eigenvalue weighted by Gasteiger charge is 2.32. The van der Waals surface area contributed by atoms with E-state index in [0.29, 0.717) is 12.8 Å². The molecule has 9 nitrogen and oxygen atoms in total. The lowest BCUT2D eigenvalue weighted by atomic mass is 9.96. The number of nitrogens with one attached hydrogen (secondary N) is 3. The van der Waals surface area contributed by atoms with Crippen LogP contribution in [0.25, 0.3) is 0 Å². The SMILES string of the molecule is CCC(C)C(NC(=O)C(CC(C)C)NC(=O)C(N)C(C)C)C(=O)NC(C)C(=O)O. The predicted molar refractivity (Wildman–Crippen MR) is 111 cm³/mol. The van der Waals surface area contributed by atoms with E-state index in [9.17, 15) is 19.2 Å². The second-order valence-electron chi connectivity index (χ2n) is 8.40. The minimum absolute atomic E-state index is 0.0890. The molecule has 168 valence electrons. The molecule has 0 saturated heterocycles. The summed E-state index contributed by atoms with van der Waals surface area (Å²) in [5.74, 6) is -2.86. The molecule has 0 aliphatic heterocycles. The fraction of sp³-hybridized carbons (Fsp3) is 0.800. The summed E-state index contributed by atoms with van der Waals surface area (Å²) in [5, 5.41) is 16.8. The monoisotopic (exact) mass is 414 g/mol. The number of carboxylic acids is 1. The van der Waals surface area contributed by atoms with E-state index >= 15 is 0 Å². The second kappa shape index (κ2) is 12.4. The van der Waals surface area contributed by atoms with E-state index in [0.717, 1.165) is 0 Å². The zero-order valence-corrected chi connectivity index (χ0v) is 18.6. The number of amides is 3. The lowest BCUT2D eigenvalue weighted by molar-refractivity contribution is -0.142. The molecule has 0 aliphatic carbocycles. The summed E-state index contributed by atoms with van der Waals surface area (Å²) in [5.41, 5.74) is 5.88. The Bertz CT molecular complexity index is 579. The molecule has 9 heteroatoms. The molecule has 0 aromatic carbocycles. The van der Waals surface area contributed by atoms with Gasteiger partial charge in [-0.2, -0.15) is 0 Å². The number of nitrogens with two attached hydrogens (primary N) is 1. The van der Waals surface area contributed by atoms with Crippen molar-refractivity contribution in [2.45, 2.75) is 85.5 Å². The van der Waals surface area contributed by atoms with Crippen LogP contribution in [0.1, 0.15) is 61.3 Å².